The van der Waals surface area contributed by atoms with E-state index < -0.39 is 0 Å². The number of hydrogen-bond acceptors (Lipinski definition) is 3. The minimum absolute atomic E-state index is 0.0541. The van der Waals surface area contributed by atoms with Crippen LogP contribution in [0, 0.1) is 0 Å². The van der Waals surface area contributed by atoms with Crippen molar-refractivity contribution in [1.82, 2.24) is 4.57 Å². The summed E-state index contributed by atoms with van der Waals surface area (Å²) in [4.78, 5) is 11.8. The highest BCUT2D eigenvalue weighted by molar-refractivity contribution is 7.80. The van der Waals surface area contributed by atoms with Gasteiger partial charge in [0.25, 0.3) is 0 Å². The Morgan fingerprint density at radius 3 is 2.56 bits per heavy atom. The fraction of sp³-hybridized carbons (Fsp3) is 0.0909. The first-order valence-corrected chi connectivity index (χ1v) is 5.98. The standard InChI is InChI=1S/C11H10N2OS2/c12-10(15)9-3-1-8(2-4-9)7-13-5-6-16-11(13)14/h1-6H,7H2,(H2,12,15). The Balaban J connectivity index is 2.20. The summed E-state index contributed by atoms with van der Waals surface area (Å²) in [6, 6.07) is 7.60. The lowest BCUT2D eigenvalue weighted by Crippen LogP contribution is -2.13. The van der Waals surface area contributed by atoms with E-state index >= 15 is 0 Å². The van der Waals surface area contributed by atoms with Crippen LogP contribution in [0.4, 0.5) is 0 Å². The molecule has 0 aliphatic heterocycles. The molecule has 0 amide bonds. The highest BCUT2D eigenvalue weighted by atomic mass is 32.1. The van der Waals surface area contributed by atoms with Gasteiger partial charge in [-0.15, -0.1) is 0 Å². The number of hydrogen-bond donors (Lipinski definition) is 1. The molecule has 0 aliphatic rings. The SMILES string of the molecule is NC(=S)c1ccc(Cn2ccsc2=O)cc1. The minimum atomic E-state index is 0.0541. The third-order valence-corrected chi connectivity index (χ3v) is 3.17. The zero-order valence-electron chi connectivity index (χ0n) is 8.42. The first-order chi connectivity index (χ1) is 7.66. The van der Waals surface area contributed by atoms with Crippen molar-refractivity contribution in [3.63, 3.8) is 0 Å². The van der Waals surface area contributed by atoms with Crippen LogP contribution in [-0.4, -0.2) is 9.56 Å². The predicted octanol–water partition coefficient (Wildman–Crippen LogP) is 1.59. The molecule has 0 unspecified atom stereocenters. The average molecular weight is 250 g/mol. The van der Waals surface area contributed by atoms with Crippen molar-refractivity contribution in [2.24, 2.45) is 5.73 Å². The van der Waals surface area contributed by atoms with Crippen LogP contribution >= 0.6 is 23.6 Å². The summed E-state index contributed by atoms with van der Waals surface area (Å²) in [6.07, 6.45) is 1.79. The van der Waals surface area contributed by atoms with E-state index in [1.807, 2.05) is 24.3 Å². The van der Waals surface area contributed by atoms with Crippen LogP contribution in [0.1, 0.15) is 11.1 Å². The predicted molar refractivity (Wildman–Crippen MR) is 70.0 cm³/mol. The molecular weight excluding hydrogens is 240 g/mol. The molecule has 16 heavy (non-hydrogen) atoms. The molecule has 0 saturated carbocycles. The number of aromatic nitrogens is 1. The molecule has 0 atom stereocenters. The van der Waals surface area contributed by atoms with Crippen molar-refractivity contribution in [3.05, 3.63) is 56.6 Å². The average Bonchev–Trinajstić information content (AvgIpc) is 2.65. The summed E-state index contributed by atoms with van der Waals surface area (Å²) in [5.41, 5.74) is 7.40. The van der Waals surface area contributed by atoms with Crippen molar-refractivity contribution in [2.75, 3.05) is 0 Å². The van der Waals surface area contributed by atoms with Crippen LogP contribution in [0.3, 0.4) is 0 Å². The zero-order valence-corrected chi connectivity index (χ0v) is 10.1. The minimum Gasteiger partial charge on any atom is -0.389 e. The van der Waals surface area contributed by atoms with E-state index in [4.69, 9.17) is 18.0 Å². The molecule has 2 N–H and O–H groups in total. The first-order valence-electron chi connectivity index (χ1n) is 4.69. The van der Waals surface area contributed by atoms with Crippen LogP contribution in [0.25, 0.3) is 0 Å². The Hall–Kier alpha value is -1.46. The summed E-state index contributed by atoms with van der Waals surface area (Å²) in [7, 11) is 0. The van der Waals surface area contributed by atoms with Crippen molar-refractivity contribution in [1.29, 1.82) is 0 Å². The lowest BCUT2D eigenvalue weighted by molar-refractivity contribution is 0.784. The van der Waals surface area contributed by atoms with Crippen LogP contribution in [0.5, 0.6) is 0 Å². The number of thiazole rings is 1. The molecule has 82 valence electrons. The van der Waals surface area contributed by atoms with E-state index in [1.54, 1.807) is 16.1 Å². The van der Waals surface area contributed by atoms with E-state index in [-0.39, 0.29) is 4.87 Å². The second-order valence-corrected chi connectivity index (χ2v) is 4.65. The lowest BCUT2D eigenvalue weighted by atomic mass is 10.1. The van der Waals surface area contributed by atoms with Gasteiger partial charge >= 0.3 is 4.87 Å². The van der Waals surface area contributed by atoms with Gasteiger partial charge in [-0.1, -0.05) is 47.8 Å². The van der Waals surface area contributed by atoms with Gasteiger partial charge in [-0.3, -0.25) is 4.79 Å². The lowest BCUT2D eigenvalue weighted by Gasteiger charge is -2.03. The van der Waals surface area contributed by atoms with Gasteiger partial charge in [-0.05, 0) is 5.56 Å². The van der Waals surface area contributed by atoms with Crippen molar-refractivity contribution in [2.45, 2.75) is 6.54 Å². The largest absolute Gasteiger partial charge is 0.389 e. The second kappa shape index (κ2) is 4.59. The fourth-order valence-electron chi connectivity index (χ4n) is 1.38. The van der Waals surface area contributed by atoms with Crippen LogP contribution < -0.4 is 10.6 Å². The number of rotatable bonds is 3. The molecule has 2 aromatic rings. The van der Waals surface area contributed by atoms with E-state index in [0.29, 0.717) is 11.5 Å². The van der Waals surface area contributed by atoms with Crippen LogP contribution in [0.15, 0.2) is 40.6 Å². The van der Waals surface area contributed by atoms with Crippen molar-refractivity contribution < 1.29 is 0 Å². The maximum Gasteiger partial charge on any atom is 0.307 e. The van der Waals surface area contributed by atoms with Crippen molar-refractivity contribution in [3.8, 4) is 0 Å². The highest BCUT2D eigenvalue weighted by Gasteiger charge is 2.00. The number of nitrogens with zero attached hydrogens (tertiary/aromatic N) is 1. The van der Waals surface area contributed by atoms with Crippen LogP contribution in [-0.2, 0) is 6.54 Å². The Kier molecular flexibility index (Phi) is 3.17. The molecule has 0 fully saturated rings. The number of benzene rings is 1. The zero-order chi connectivity index (χ0) is 11.5. The quantitative estimate of drug-likeness (QED) is 0.842. The summed E-state index contributed by atoms with van der Waals surface area (Å²) >= 11 is 6.06. The molecule has 0 bridgehead atoms. The molecule has 3 nitrogen and oxygen atoms in total. The second-order valence-electron chi connectivity index (χ2n) is 3.36. The monoisotopic (exact) mass is 250 g/mol. The Morgan fingerprint density at radius 2 is 2.06 bits per heavy atom. The van der Waals surface area contributed by atoms with Gasteiger partial charge < -0.3 is 10.3 Å². The third kappa shape index (κ3) is 2.37. The summed E-state index contributed by atoms with van der Waals surface area (Å²) < 4.78 is 1.67. The van der Waals surface area contributed by atoms with Gasteiger partial charge in [-0.25, -0.2) is 0 Å². The summed E-state index contributed by atoms with van der Waals surface area (Å²) in [6.45, 7) is 0.583. The van der Waals surface area contributed by atoms with E-state index in [9.17, 15) is 4.79 Å². The fourth-order valence-corrected chi connectivity index (χ4v) is 2.10. The van der Waals surface area contributed by atoms with Crippen LogP contribution in [0.2, 0.25) is 0 Å². The Labute approximate surface area is 102 Å². The highest BCUT2D eigenvalue weighted by Crippen LogP contribution is 2.06. The summed E-state index contributed by atoms with van der Waals surface area (Å²) in [5, 5.41) is 1.78. The molecule has 1 aromatic heterocycles. The van der Waals surface area contributed by atoms with Gasteiger partial charge in [-0.2, -0.15) is 0 Å². The molecule has 0 saturated heterocycles. The van der Waals surface area contributed by atoms with Crippen molar-refractivity contribution >= 4 is 28.5 Å². The smallest absolute Gasteiger partial charge is 0.307 e. The molecule has 0 aliphatic carbocycles. The van der Waals surface area contributed by atoms with E-state index in [0.717, 1.165) is 11.1 Å². The Morgan fingerprint density at radius 1 is 1.38 bits per heavy atom. The van der Waals surface area contributed by atoms with Gasteiger partial charge in [0.1, 0.15) is 4.99 Å². The third-order valence-electron chi connectivity index (χ3n) is 2.24. The maximum absolute atomic E-state index is 11.3. The van der Waals surface area contributed by atoms with Gasteiger partial charge in [0.2, 0.25) is 0 Å². The summed E-state index contributed by atoms with van der Waals surface area (Å²) in [5.74, 6) is 0. The maximum atomic E-state index is 11.3. The van der Waals surface area contributed by atoms with Gasteiger partial charge in [0.05, 0.1) is 6.54 Å². The van der Waals surface area contributed by atoms with Gasteiger partial charge in [0, 0.05) is 17.1 Å². The number of nitrogens with two attached hydrogens (primary N) is 1. The molecule has 1 heterocycles. The normalized spacial score (nSPS) is 10.2. The molecule has 5 heteroatoms. The topological polar surface area (TPSA) is 48.0 Å². The molecule has 2 rings (SSSR count). The number of thiocarbonyl (C=S) groups is 1. The molecule has 0 radical (unpaired) electrons. The molecule has 1 aromatic carbocycles. The van der Waals surface area contributed by atoms with E-state index in [1.165, 1.54) is 11.3 Å². The first kappa shape index (κ1) is 11.0. The Bertz CT molecular complexity index is 554. The molecular formula is C11H10N2OS2. The van der Waals surface area contributed by atoms with E-state index in [2.05, 4.69) is 0 Å². The molecule has 0 spiro atoms. The van der Waals surface area contributed by atoms with Gasteiger partial charge in [0.15, 0.2) is 0 Å².